The van der Waals surface area contributed by atoms with E-state index in [0.717, 1.165) is 19.4 Å². The van der Waals surface area contributed by atoms with Crippen LogP contribution in [0.4, 0.5) is 0 Å². The molecule has 90 valence electrons. The predicted molar refractivity (Wildman–Crippen MR) is 69.1 cm³/mol. The van der Waals surface area contributed by atoms with Crippen molar-refractivity contribution < 1.29 is 4.79 Å². The molecule has 3 nitrogen and oxygen atoms in total. The number of carbonyl (C=O) groups is 1. The van der Waals surface area contributed by atoms with Crippen molar-refractivity contribution >= 4 is 17.2 Å². The first-order valence-electron chi connectivity index (χ1n) is 6.02. The minimum absolute atomic E-state index is 0.151. The fourth-order valence-corrected chi connectivity index (χ4v) is 3.56. The Morgan fingerprint density at radius 3 is 3.00 bits per heavy atom. The van der Waals surface area contributed by atoms with Crippen LogP contribution in [0.15, 0.2) is 23.6 Å². The highest BCUT2D eigenvalue weighted by Gasteiger charge is 2.34. The van der Waals surface area contributed by atoms with Gasteiger partial charge in [-0.1, -0.05) is 12.2 Å². The van der Waals surface area contributed by atoms with E-state index in [1.54, 1.807) is 11.3 Å². The molecule has 4 heteroatoms. The summed E-state index contributed by atoms with van der Waals surface area (Å²) in [6, 6.07) is 2.33. The van der Waals surface area contributed by atoms with E-state index in [2.05, 4.69) is 28.9 Å². The largest absolute Gasteiger partial charge is 0.334 e. The number of amides is 1. The maximum Gasteiger partial charge on any atom is 0.245 e. The second-order valence-corrected chi connectivity index (χ2v) is 5.49. The number of thiophene rings is 1. The molecule has 0 aromatic carbocycles. The van der Waals surface area contributed by atoms with Crippen LogP contribution >= 0.6 is 11.3 Å². The Bertz CT molecular complexity index is 466. The molecule has 2 heterocycles. The number of likely N-dealkylation sites (N-methyl/N-ethyl adjacent to an activating group) is 1. The summed E-state index contributed by atoms with van der Waals surface area (Å²) >= 11 is 1.69. The third-order valence-electron chi connectivity index (χ3n) is 3.62. The summed E-state index contributed by atoms with van der Waals surface area (Å²) in [6.07, 6.45) is 6.25. The average molecular weight is 248 g/mol. The lowest BCUT2D eigenvalue weighted by molar-refractivity contribution is -0.134. The molecule has 1 aliphatic carbocycles. The molecule has 2 atom stereocenters. The van der Waals surface area contributed by atoms with Gasteiger partial charge in [0.1, 0.15) is 6.04 Å². The molecule has 3 rings (SSSR count). The minimum Gasteiger partial charge on any atom is -0.334 e. The maximum atomic E-state index is 12.5. The quantitative estimate of drug-likeness (QED) is 0.808. The first kappa shape index (κ1) is 11.0. The maximum absolute atomic E-state index is 12.5. The van der Waals surface area contributed by atoms with Crippen molar-refractivity contribution in [3.8, 4) is 0 Å². The van der Waals surface area contributed by atoms with Gasteiger partial charge in [-0.05, 0) is 36.9 Å². The highest BCUT2D eigenvalue weighted by molar-refractivity contribution is 7.10. The Kier molecular flexibility index (Phi) is 2.76. The van der Waals surface area contributed by atoms with E-state index >= 15 is 0 Å². The fourth-order valence-electron chi connectivity index (χ4n) is 2.51. The summed E-state index contributed by atoms with van der Waals surface area (Å²) in [5.74, 6) is 0.225. The minimum atomic E-state index is -0.151. The molecule has 0 spiro atoms. The van der Waals surface area contributed by atoms with E-state index in [0.29, 0.717) is 6.04 Å². The first-order chi connectivity index (χ1) is 8.31. The van der Waals surface area contributed by atoms with Crippen LogP contribution < -0.4 is 5.32 Å². The van der Waals surface area contributed by atoms with Gasteiger partial charge in [0.2, 0.25) is 5.91 Å². The molecule has 1 N–H and O–H groups in total. The van der Waals surface area contributed by atoms with Gasteiger partial charge in [0, 0.05) is 11.4 Å². The second-order valence-electron chi connectivity index (χ2n) is 4.54. The molecule has 17 heavy (non-hydrogen) atoms. The molecule has 0 fully saturated rings. The molecule has 2 unspecified atom stereocenters. The van der Waals surface area contributed by atoms with Crippen molar-refractivity contribution in [2.75, 3.05) is 13.6 Å². The number of hydrogen-bond donors (Lipinski definition) is 1. The van der Waals surface area contributed by atoms with E-state index in [1.165, 1.54) is 10.4 Å². The van der Waals surface area contributed by atoms with Crippen LogP contribution in [0.25, 0.3) is 0 Å². The Labute approximate surface area is 105 Å². The summed E-state index contributed by atoms with van der Waals surface area (Å²) < 4.78 is 0. The number of fused-ring (bicyclic) bond motifs is 1. The van der Waals surface area contributed by atoms with Crippen molar-refractivity contribution in [1.29, 1.82) is 0 Å². The predicted octanol–water partition coefficient (Wildman–Crippen LogP) is 1.72. The van der Waals surface area contributed by atoms with Gasteiger partial charge in [0.25, 0.3) is 0 Å². The van der Waals surface area contributed by atoms with Gasteiger partial charge in [-0.25, -0.2) is 0 Å². The van der Waals surface area contributed by atoms with E-state index in [1.807, 2.05) is 11.9 Å². The second kappa shape index (κ2) is 4.27. The van der Waals surface area contributed by atoms with Crippen molar-refractivity contribution in [1.82, 2.24) is 10.2 Å². The molecule has 0 bridgehead atoms. The first-order valence-corrected chi connectivity index (χ1v) is 6.90. The summed E-state index contributed by atoms with van der Waals surface area (Å²) in [4.78, 5) is 15.7. The van der Waals surface area contributed by atoms with Gasteiger partial charge in [-0.3, -0.25) is 4.79 Å². The number of nitrogens with one attached hydrogen (secondary N) is 1. The molecule has 1 aromatic heterocycles. The summed E-state index contributed by atoms with van der Waals surface area (Å²) in [5.41, 5.74) is 1.33. The zero-order valence-corrected chi connectivity index (χ0v) is 10.7. The third-order valence-corrected chi connectivity index (χ3v) is 4.64. The molecular formula is C13H16N2OS. The zero-order valence-electron chi connectivity index (χ0n) is 9.85. The SMILES string of the molecule is CNC1C(=O)N(C2C=CC2)CCc2ccsc21. The molecule has 2 aliphatic rings. The average Bonchev–Trinajstić information content (AvgIpc) is 2.66. The van der Waals surface area contributed by atoms with Crippen LogP contribution in [0.5, 0.6) is 0 Å². The number of carbonyl (C=O) groups excluding carboxylic acids is 1. The van der Waals surface area contributed by atoms with Crippen molar-refractivity contribution in [3.63, 3.8) is 0 Å². The topological polar surface area (TPSA) is 32.3 Å². The Morgan fingerprint density at radius 2 is 2.35 bits per heavy atom. The molecule has 1 amide bonds. The highest BCUT2D eigenvalue weighted by Crippen LogP contribution is 2.31. The van der Waals surface area contributed by atoms with Crippen molar-refractivity contribution in [2.24, 2.45) is 0 Å². The summed E-state index contributed by atoms with van der Waals surface area (Å²) in [5, 5.41) is 5.25. The van der Waals surface area contributed by atoms with Crippen LogP contribution in [0.1, 0.15) is 22.9 Å². The van der Waals surface area contributed by atoms with Crippen LogP contribution in [0.3, 0.4) is 0 Å². The third kappa shape index (κ3) is 1.72. The monoisotopic (exact) mass is 248 g/mol. The molecule has 1 aromatic rings. The molecule has 1 aliphatic heterocycles. The van der Waals surface area contributed by atoms with E-state index in [4.69, 9.17) is 0 Å². The highest BCUT2D eigenvalue weighted by atomic mass is 32.1. The lowest BCUT2D eigenvalue weighted by Crippen LogP contribution is -2.46. The van der Waals surface area contributed by atoms with Crippen molar-refractivity contribution in [3.05, 3.63) is 34.0 Å². The van der Waals surface area contributed by atoms with Gasteiger partial charge in [0.05, 0.1) is 6.04 Å². The normalized spacial score (nSPS) is 27.6. The Hall–Kier alpha value is -1.13. The van der Waals surface area contributed by atoms with Gasteiger partial charge >= 0.3 is 0 Å². The number of rotatable bonds is 2. The lowest BCUT2D eigenvalue weighted by atomic mass is 10.0. The molecule has 0 radical (unpaired) electrons. The van der Waals surface area contributed by atoms with Gasteiger partial charge in [-0.15, -0.1) is 11.3 Å². The smallest absolute Gasteiger partial charge is 0.245 e. The Balaban J connectivity index is 1.93. The Morgan fingerprint density at radius 1 is 1.53 bits per heavy atom. The van der Waals surface area contributed by atoms with Crippen LogP contribution in [-0.4, -0.2) is 30.4 Å². The molecule has 0 saturated carbocycles. The number of nitrogens with zero attached hydrogens (tertiary/aromatic N) is 1. The van der Waals surface area contributed by atoms with E-state index in [-0.39, 0.29) is 11.9 Å². The van der Waals surface area contributed by atoms with Gasteiger partial charge in [-0.2, -0.15) is 0 Å². The van der Waals surface area contributed by atoms with E-state index in [9.17, 15) is 4.79 Å². The van der Waals surface area contributed by atoms with Crippen LogP contribution in [0.2, 0.25) is 0 Å². The van der Waals surface area contributed by atoms with E-state index < -0.39 is 0 Å². The molecular weight excluding hydrogens is 232 g/mol. The fraction of sp³-hybridized carbons (Fsp3) is 0.462. The van der Waals surface area contributed by atoms with Crippen molar-refractivity contribution in [2.45, 2.75) is 24.9 Å². The van der Waals surface area contributed by atoms with Crippen LogP contribution in [-0.2, 0) is 11.2 Å². The van der Waals surface area contributed by atoms with Gasteiger partial charge in [0.15, 0.2) is 0 Å². The lowest BCUT2D eigenvalue weighted by Gasteiger charge is -2.33. The van der Waals surface area contributed by atoms with Gasteiger partial charge < -0.3 is 10.2 Å². The molecule has 0 saturated heterocycles. The standard InChI is InChI=1S/C13H16N2OS/c1-14-11-12-9(6-8-17-12)5-7-15(13(11)16)10-3-2-4-10/h2-3,6,8,10-11,14H,4-5,7H2,1H3. The van der Waals surface area contributed by atoms with Crippen LogP contribution in [0, 0.1) is 0 Å². The zero-order chi connectivity index (χ0) is 11.8. The summed E-state index contributed by atoms with van der Waals surface area (Å²) in [7, 11) is 1.87. The number of hydrogen-bond acceptors (Lipinski definition) is 3. The summed E-state index contributed by atoms with van der Waals surface area (Å²) in [6.45, 7) is 0.843.